The topological polar surface area (TPSA) is 24.5 Å². The van der Waals surface area contributed by atoms with E-state index in [0.717, 1.165) is 26.2 Å². The third-order valence-electron chi connectivity index (χ3n) is 4.63. The molecule has 2 rings (SSSR count). The first-order valence-corrected chi connectivity index (χ1v) is 8.23. The van der Waals surface area contributed by atoms with Gasteiger partial charge in [-0.2, -0.15) is 0 Å². The standard InChI is InChI=1S/C18H30N2O/c1-5-9-19-12-16-6-7-17(11-15(16)3)20-10-8-14(2)18(13-20)21-4/h6-7,11,14,18-19H,5,8-10,12-13H2,1-4H3. The number of nitrogens with one attached hydrogen (secondary N) is 1. The number of anilines is 1. The average molecular weight is 290 g/mol. The summed E-state index contributed by atoms with van der Waals surface area (Å²) in [6, 6.07) is 6.86. The SMILES string of the molecule is CCCNCc1ccc(N2CCC(C)C(OC)C2)cc1C. The van der Waals surface area contributed by atoms with E-state index in [0.29, 0.717) is 12.0 Å². The maximum absolute atomic E-state index is 5.62. The highest BCUT2D eigenvalue weighted by Gasteiger charge is 2.26. The Bertz CT molecular complexity index is 447. The van der Waals surface area contributed by atoms with Gasteiger partial charge in [-0.3, -0.25) is 0 Å². The lowest BCUT2D eigenvalue weighted by molar-refractivity contribution is 0.0498. The van der Waals surface area contributed by atoms with Crippen LogP contribution in [0.4, 0.5) is 5.69 Å². The van der Waals surface area contributed by atoms with Gasteiger partial charge in [-0.25, -0.2) is 0 Å². The van der Waals surface area contributed by atoms with E-state index in [2.05, 4.69) is 49.2 Å². The molecule has 2 unspecified atom stereocenters. The molecule has 1 N–H and O–H groups in total. The van der Waals surface area contributed by atoms with Crippen molar-refractivity contribution in [2.75, 3.05) is 31.6 Å². The maximum Gasteiger partial charge on any atom is 0.0772 e. The molecule has 0 bridgehead atoms. The van der Waals surface area contributed by atoms with Gasteiger partial charge in [0.15, 0.2) is 0 Å². The second-order valence-corrected chi connectivity index (χ2v) is 6.27. The van der Waals surface area contributed by atoms with Gasteiger partial charge in [-0.05, 0) is 55.5 Å². The fourth-order valence-corrected chi connectivity index (χ4v) is 3.05. The average Bonchev–Trinajstić information content (AvgIpc) is 2.49. The van der Waals surface area contributed by atoms with Gasteiger partial charge in [0.2, 0.25) is 0 Å². The molecule has 118 valence electrons. The van der Waals surface area contributed by atoms with E-state index in [4.69, 9.17) is 4.74 Å². The van der Waals surface area contributed by atoms with Crippen molar-refractivity contribution in [1.82, 2.24) is 5.32 Å². The Kier molecular flexibility index (Phi) is 6.07. The van der Waals surface area contributed by atoms with E-state index >= 15 is 0 Å². The van der Waals surface area contributed by atoms with Crippen molar-refractivity contribution in [2.45, 2.75) is 46.3 Å². The third kappa shape index (κ3) is 4.21. The van der Waals surface area contributed by atoms with Crippen LogP contribution in [0.5, 0.6) is 0 Å². The van der Waals surface area contributed by atoms with Gasteiger partial charge in [-0.15, -0.1) is 0 Å². The summed E-state index contributed by atoms with van der Waals surface area (Å²) in [5.74, 6) is 0.657. The van der Waals surface area contributed by atoms with Crippen molar-refractivity contribution in [3.63, 3.8) is 0 Å². The molecule has 1 aromatic carbocycles. The molecular formula is C18H30N2O. The van der Waals surface area contributed by atoms with Crippen molar-refractivity contribution >= 4 is 5.69 Å². The Hall–Kier alpha value is -1.06. The molecule has 21 heavy (non-hydrogen) atoms. The van der Waals surface area contributed by atoms with Crippen LogP contribution >= 0.6 is 0 Å². The summed E-state index contributed by atoms with van der Waals surface area (Å²) >= 11 is 0. The summed E-state index contributed by atoms with van der Waals surface area (Å²) in [5.41, 5.74) is 4.12. The normalized spacial score (nSPS) is 22.6. The molecule has 0 spiro atoms. The minimum Gasteiger partial charge on any atom is -0.379 e. The van der Waals surface area contributed by atoms with Gasteiger partial charge in [-0.1, -0.05) is 19.9 Å². The molecule has 1 aliphatic rings. The van der Waals surface area contributed by atoms with Crippen molar-refractivity contribution in [2.24, 2.45) is 5.92 Å². The predicted molar refractivity (Wildman–Crippen MR) is 90.0 cm³/mol. The summed E-state index contributed by atoms with van der Waals surface area (Å²) in [4.78, 5) is 2.46. The fourth-order valence-electron chi connectivity index (χ4n) is 3.05. The van der Waals surface area contributed by atoms with Crippen molar-refractivity contribution in [3.05, 3.63) is 29.3 Å². The number of nitrogens with zero attached hydrogens (tertiary/aromatic N) is 1. The van der Waals surface area contributed by atoms with E-state index in [-0.39, 0.29) is 0 Å². The minimum atomic E-state index is 0.352. The molecule has 0 aromatic heterocycles. The van der Waals surface area contributed by atoms with Gasteiger partial charge in [0, 0.05) is 32.4 Å². The molecule has 0 radical (unpaired) electrons. The van der Waals surface area contributed by atoms with E-state index in [1.165, 1.54) is 29.7 Å². The monoisotopic (exact) mass is 290 g/mol. The van der Waals surface area contributed by atoms with E-state index < -0.39 is 0 Å². The molecule has 1 aromatic rings. The van der Waals surface area contributed by atoms with Crippen molar-refractivity contribution in [1.29, 1.82) is 0 Å². The second kappa shape index (κ2) is 7.81. The number of hydrogen-bond acceptors (Lipinski definition) is 3. The van der Waals surface area contributed by atoms with Crippen LogP contribution in [0.15, 0.2) is 18.2 Å². The molecular weight excluding hydrogens is 260 g/mol. The van der Waals surface area contributed by atoms with Crippen LogP contribution in [0.3, 0.4) is 0 Å². The van der Waals surface area contributed by atoms with Crippen LogP contribution in [0.2, 0.25) is 0 Å². The highest BCUT2D eigenvalue weighted by atomic mass is 16.5. The number of rotatable bonds is 6. The first kappa shape index (κ1) is 16.3. The van der Waals surface area contributed by atoms with Crippen LogP contribution < -0.4 is 10.2 Å². The zero-order valence-corrected chi connectivity index (χ0v) is 14.0. The number of hydrogen-bond donors (Lipinski definition) is 1. The lowest BCUT2D eigenvalue weighted by atomic mass is 9.95. The molecule has 0 amide bonds. The Morgan fingerprint density at radius 3 is 2.86 bits per heavy atom. The quantitative estimate of drug-likeness (QED) is 0.813. The maximum atomic E-state index is 5.62. The summed E-state index contributed by atoms with van der Waals surface area (Å²) in [5, 5.41) is 3.48. The summed E-state index contributed by atoms with van der Waals surface area (Å²) in [6.07, 6.45) is 2.74. The lowest BCUT2D eigenvalue weighted by Gasteiger charge is -2.37. The fraction of sp³-hybridized carbons (Fsp3) is 0.667. The van der Waals surface area contributed by atoms with Gasteiger partial charge in [0.1, 0.15) is 0 Å². The van der Waals surface area contributed by atoms with Crippen LogP contribution in [-0.4, -0.2) is 32.8 Å². The van der Waals surface area contributed by atoms with Gasteiger partial charge < -0.3 is 15.0 Å². The Balaban J connectivity index is 2.02. The van der Waals surface area contributed by atoms with E-state index in [1.807, 2.05) is 7.11 Å². The van der Waals surface area contributed by atoms with E-state index in [9.17, 15) is 0 Å². The molecule has 1 saturated heterocycles. The zero-order chi connectivity index (χ0) is 15.2. The molecule has 2 atom stereocenters. The van der Waals surface area contributed by atoms with Crippen molar-refractivity contribution in [3.8, 4) is 0 Å². The molecule has 0 saturated carbocycles. The lowest BCUT2D eigenvalue weighted by Crippen LogP contribution is -2.43. The second-order valence-electron chi connectivity index (χ2n) is 6.27. The minimum absolute atomic E-state index is 0.352. The highest BCUT2D eigenvalue weighted by molar-refractivity contribution is 5.51. The van der Waals surface area contributed by atoms with Gasteiger partial charge in [0.25, 0.3) is 0 Å². The van der Waals surface area contributed by atoms with Crippen LogP contribution in [0, 0.1) is 12.8 Å². The van der Waals surface area contributed by atoms with Gasteiger partial charge >= 0.3 is 0 Å². The molecule has 1 aliphatic heterocycles. The Morgan fingerprint density at radius 2 is 2.19 bits per heavy atom. The zero-order valence-electron chi connectivity index (χ0n) is 14.0. The van der Waals surface area contributed by atoms with Crippen LogP contribution in [-0.2, 0) is 11.3 Å². The molecule has 1 fully saturated rings. The number of piperidine rings is 1. The van der Waals surface area contributed by atoms with Gasteiger partial charge in [0.05, 0.1) is 6.10 Å². The smallest absolute Gasteiger partial charge is 0.0772 e. The Morgan fingerprint density at radius 1 is 1.38 bits per heavy atom. The highest BCUT2D eigenvalue weighted by Crippen LogP contribution is 2.26. The molecule has 3 nitrogen and oxygen atoms in total. The number of methoxy groups -OCH3 is 1. The summed E-state index contributed by atoms with van der Waals surface area (Å²) < 4.78 is 5.62. The van der Waals surface area contributed by atoms with Crippen molar-refractivity contribution < 1.29 is 4.74 Å². The first-order valence-electron chi connectivity index (χ1n) is 8.23. The molecule has 0 aliphatic carbocycles. The van der Waals surface area contributed by atoms with E-state index in [1.54, 1.807) is 0 Å². The first-order chi connectivity index (χ1) is 10.2. The number of benzene rings is 1. The molecule has 1 heterocycles. The van der Waals surface area contributed by atoms with Crippen LogP contribution in [0.1, 0.15) is 37.8 Å². The summed E-state index contributed by atoms with van der Waals surface area (Å²) in [7, 11) is 1.83. The predicted octanol–water partition coefficient (Wildman–Crippen LogP) is 3.36. The number of ether oxygens (including phenoxy) is 1. The summed E-state index contributed by atoms with van der Waals surface area (Å²) in [6.45, 7) is 10.9. The Labute approximate surface area is 129 Å². The molecule has 3 heteroatoms. The largest absolute Gasteiger partial charge is 0.379 e. The third-order valence-corrected chi connectivity index (χ3v) is 4.63. The van der Waals surface area contributed by atoms with Crippen LogP contribution in [0.25, 0.3) is 0 Å². The number of aryl methyl sites for hydroxylation is 1.